The number of hydrogen-bond acceptors (Lipinski definition) is 5. The smallest absolute Gasteiger partial charge is 0.454 e. The Bertz CT molecular complexity index is 620. The van der Waals surface area contributed by atoms with Crippen LogP contribution >= 0.6 is 0 Å². The predicted molar refractivity (Wildman–Crippen MR) is 74.9 cm³/mol. The highest BCUT2D eigenvalue weighted by molar-refractivity contribution is 6.02. The summed E-state index contributed by atoms with van der Waals surface area (Å²) in [6, 6.07) is 1.42. The second kappa shape index (κ2) is 6.35. The third kappa shape index (κ3) is 5.04. The Kier molecular flexibility index (Phi) is 5.13. The first-order chi connectivity index (χ1) is 10.3. The molecule has 0 radical (unpaired) electrons. The van der Waals surface area contributed by atoms with Crippen molar-refractivity contribution < 1.29 is 37.3 Å². The van der Waals surface area contributed by atoms with Gasteiger partial charge in [0.15, 0.2) is 11.5 Å². The van der Waals surface area contributed by atoms with Crippen LogP contribution in [0.2, 0.25) is 0 Å². The van der Waals surface area contributed by atoms with Crippen molar-refractivity contribution in [2.24, 2.45) is 0 Å². The molecule has 0 spiro atoms. The summed E-state index contributed by atoms with van der Waals surface area (Å²) >= 11 is 0. The Morgan fingerprint density at radius 2 is 1.74 bits per heavy atom. The fourth-order valence-electron chi connectivity index (χ4n) is 1.57. The van der Waals surface area contributed by atoms with Crippen LogP contribution in [0.25, 0.3) is 0 Å². The molecular weight excluding hydrogens is 319 g/mol. The van der Waals surface area contributed by atoms with Gasteiger partial charge in [0.2, 0.25) is 0 Å². The number of nitrogens with one attached hydrogen (secondary N) is 1. The molecule has 0 saturated heterocycles. The van der Waals surface area contributed by atoms with Crippen LogP contribution in [-0.4, -0.2) is 35.9 Å². The number of aromatic hydroxyl groups is 1. The van der Waals surface area contributed by atoms with Gasteiger partial charge in [-0.3, -0.25) is 10.1 Å². The molecule has 0 heterocycles. The van der Waals surface area contributed by atoms with Crippen LogP contribution < -0.4 is 10.1 Å². The van der Waals surface area contributed by atoms with Gasteiger partial charge in [-0.2, -0.15) is 13.2 Å². The lowest BCUT2D eigenvalue weighted by molar-refractivity contribution is -0.0885. The maximum Gasteiger partial charge on any atom is 0.454 e. The quantitative estimate of drug-likeness (QED) is 0.652. The lowest BCUT2D eigenvalue weighted by atomic mass is 10.1. The van der Waals surface area contributed by atoms with Gasteiger partial charge in [-0.1, -0.05) is 0 Å². The lowest BCUT2D eigenvalue weighted by Gasteiger charge is -2.20. The fraction of sp³-hybridized carbons (Fsp3) is 0.429. The van der Waals surface area contributed by atoms with Crippen LogP contribution in [0, 0.1) is 0 Å². The molecule has 1 amide bonds. The molecule has 2 N–H and O–H groups in total. The third-order valence-corrected chi connectivity index (χ3v) is 2.45. The minimum Gasteiger partial charge on any atom is -0.503 e. The average Bonchev–Trinajstić information content (AvgIpc) is 2.37. The molecule has 128 valence electrons. The number of benzene rings is 1. The van der Waals surface area contributed by atoms with Crippen molar-refractivity contribution in [2.75, 3.05) is 12.4 Å². The Morgan fingerprint density at radius 1 is 1.17 bits per heavy atom. The molecule has 0 aliphatic rings. The number of ether oxygens (including phenoxy) is 2. The van der Waals surface area contributed by atoms with E-state index in [1.807, 2.05) is 0 Å². The number of ketones is 1. The summed E-state index contributed by atoms with van der Waals surface area (Å²) in [5.74, 6) is -3.16. The van der Waals surface area contributed by atoms with Crippen molar-refractivity contribution in [1.29, 1.82) is 0 Å². The van der Waals surface area contributed by atoms with E-state index in [4.69, 9.17) is 9.47 Å². The zero-order valence-corrected chi connectivity index (χ0v) is 12.9. The highest BCUT2D eigenvalue weighted by Gasteiger charge is 2.40. The number of anilines is 1. The number of methoxy groups -OCH3 is 1. The summed E-state index contributed by atoms with van der Waals surface area (Å²) in [4.78, 5) is 23.0. The molecule has 9 heteroatoms. The van der Waals surface area contributed by atoms with Gasteiger partial charge in [-0.15, -0.1) is 0 Å². The number of phenols is 1. The van der Waals surface area contributed by atoms with E-state index in [2.05, 4.69) is 5.32 Å². The molecule has 1 rings (SSSR count). The van der Waals surface area contributed by atoms with E-state index in [1.165, 1.54) is 0 Å². The minimum absolute atomic E-state index is 0.397. The van der Waals surface area contributed by atoms with E-state index in [0.29, 0.717) is 6.07 Å². The molecular formula is C14H16F3NO5. The van der Waals surface area contributed by atoms with E-state index in [1.54, 1.807) is 20.8 Å². The molecule has 0 aromatic heterocycles. The normalized spacial score (nSPS) is 11.8. The number of phenolic OH excluding ortho intramolecular Hbond substituents is 1. The third-order valence-electron chi connectivity index (χ3n) is 2.45. The van der Waals surface area contributed by atoms with Gasteiger partial charge in [0.25, 0.3) is 5.78 Å². The fourth-order valence-corrected chi connectivity index (χ4v) is 1.57. The van der Waals surface area contributed by atoms with Crippen LogP contribution in [0.1, 0.15) is 31.1 Å². The maximum atomic E-state index is 12.5. The van der Waals surface area contributed by atoms with Crippen molar-refractivity contribution in [1.82, 2.24) is 0 Å². The predicted octanol–water partition coefficient (Wildman–Crippen LogP) is 3.49. The van der Waals surface area contributed by atoms with Crippen molar-refractivity contribution in [3.05, 3.63) is 17.7 Å². The van der Waals surface area contributed by atoms with Gasteiger partial charge in [0.05, 0.1) is 12.8 Å². The number of rotatable bonds is 3. The van der Waals surface area contributed by atoms with Crippen molar-refractivity contribution in [3.8, 4) is 11.5 Å². The Balaban J connectivity index is 3.21. The molecule has 23 heavy (non-hydrogen) atoms. The molecule has 1 aromatic rings. The van der Waals surface area contributed by atoms with Gasteiger partial charge in [-0.05, 0) is 32.9 Å². The molecule has 0 saturated carbocycles. The maximum absolute atomic E-state index is 12.5. The summed E-state index contributed by atoms with van der Waals surface area (Å²) in [5.41, 5.74) is -2.09. The Hall–Kier alpha value is -2.45. The van der Waals surface area contributed by atoms with E-state index in [-0.39, 0.29) is 0 Å². The first-order valence-corrected chi connectivity index (χ1v) is 6.37. The Morgan fingerprint density at radius 3 is 2.17 bits per heavy atom. The van der Waals surface area contributed by atoms with Crippen LogP contribution in [0.15, 0.2) is 12.1 Å². The van der Waals surface area contributed by atoms with E-state index in [0.717, 1.165) is 13.2 Å². The molecule has 0 bridgehead atoms. The van der Waals surface area contributed by atoms with Gasteiger partial charge in [0, 0.05) is 5.56 Å². The van der Waals surface area contributed by atoms with E-state index < -0.39 is 46.4 Å². The zero-order chi connectivity index (χ0) is 18.0. The van der Waals surface area contributed by atoms with Crippen molar-refractivity contribution >= 4 is 17.6 Å². The highest BCUT2D eigenvalue weighted by Crippen LogP contribution is 2.37. The van der Waals surface area contributed by atoms with Crippen LogP contribution in [-0.2, 0) is 4.74 Å². The summed E-state index contributed by atoms with van der Waals surface area (Å²) in [6.07, 6.45) is -6.11. The van der Waals surface area contributed by atoms with Gasteiger partial charge in [0.1, 0.15) is 5.60 Å². The lowest BCUT2D eigenvalue weighted by Crippen LogP contribution is -2.27. The summed E-state index contributed by atoms with van der Waals surface area (Å²) in [7, 11) is 1.09. The average molecular weight is 335 g/mol. The first-order valence-electron chi connectivity index (χ1n) is 6.37. The Labute approximate surface area is 130 Å². The molecule has 0 aliphatic carbocycles. The van der Waals surface area contributed by atoms with Gasteiger partial charge < -0.3 is 14.6 Å². The van der Waals surface area contributed by atoms with Crippen molar-refractivity contribution in [2.45, 2.75) is 32.5 Å². The van der Waals surface area contributed by atoms with Crippen LogP contribution in [0.3, 0.4) is 0 Å². The monoisotopic (exact) mass is 335 g/mol. The topological polar surface area (TPSA) is 84.9 Å². The largest absolute Gasteiger partial charge is 0.503 e. The van der Waals surface area contributed by atoms with E-state index in [9.17, 15) is 27.9 Å². The van der Waals surface area contributed by atoms with Gasteiger partial charge >= 0.3 is 12.3 Å². The molecule has 0 unspecified atom stereocenters. The van der Waals surface area contributed by atoms with Crippen molar-refractivity contribution in [3.63, 3.8) is 0 Å². The summed E-state index contributed by atoms with van der Waals surface area (Å²) in [6.45, 7) is 4.74. The highest BCUT2D eigenvalue weighted by atomic mass is 19.4. The number of Topliss-reactive ketones (excluding diaryl/α,β-unsaturated/α-hetero) is 1. The van der Waals surface area contributed by atoms with E-state index >= 15 is 0 Å². The minimum atomic E-state index is -5.11. The second-order valence-electron chi connectivity index (χ2n) is 5.53. The molecule has 0 aliphatic heterocycles. The SMILES string of the molecule is COc1cc(C(=O)C(F)(F)F)cc(NC(=O)OC(C)(C)C)c1O. The number of amides is 1. The number of halogens is 3. The standard InChI is InChI=1S/C14H16F3NO5/c1-13(2,3)23-12(21)18-8-5-7(11(20)14(15,16)17)6-9(22-4)10(8)19/h5-6,19H,1-4H3,(H,18,21). The zero-order valence-electron chi connectivity index (χ0n) is 12.9. The van der Waals surface area contributed by atoms with Crippen LogP contribution in [0.4, 0.5) is 23.7 Å². The molecule has 0 fully saturated rings. The summed E-state index contributed by atoms with van der Waals surface area (Å²) < 4.78 is 47.2. The number of alkyl halides is 3. The summed E-state index contributed by atoms with van der Waals surface area (Å²) in [5, 5.41) is 11.9. The second-order valence-corrected chi connectivity index (χ2v) is 5.53. The van der Waals surface area contributed by atoms with Gasteiger partial charge in [-0.25, -0.2) is 4.79 Å². The molecule has 1 aromatic carbocycles. The number of carbonyl (C=O) groups is 2. The number of hydrogen-bond donors (Lipinski definition) is 2. The molecule has 6 nitrogen and oxygen atoms in total. The number of carbonyl (C=O) groups excluding carboxylic acids is 2. The first kappa shape index (κ1) is 18.6. The van der Waals surface area contributed by atoms with Crippen LogP contribution in [0.5, 0.6) is 11.5 Å². The molecule has 0 atom stereocenters.